The second-order valence-electron chi connectivity index (χ2n) is 7.70. The molecular formula is C24H31N3O2. The van der Waals surface area contributed by atoms with Crippen molar-refractivity contribution in [1.82, 2.24) is 9.88 Å². The molecule has 1 fully saturated rings. The van der Waals surface area contributed by atoms with Gasteiger partial charge in [-0.15, -0.1) is 0 Å². The Labute approximate surface area is 173 Å². The van der Waals surface area contributed by atoms with Gasteiger partial charge in [0, 0.05) is 18.8 Å². The van der Waals surface area contributed by atoms with Gasteiger partial charge < -0.3 is 15.0 Å². The molecule has 29 heavy (non-hydrogen) atoms. The molecule has 1 N–H and O–H groups in total. The van der Waals surface area contributed by atoms with Crippen LogP contribution in [-0.2, 0) is 0 Å². The second-order valence-corrected chi connectivity index (χ2v) is 7.70. The highest BCUT2D eigenvalue weighted by Gasteiger charge is 2.19. The highest BCUT2D eigenvalue weighted by Crippen LogP contribution is 2.23. The molecule has 2 amide bonds. The number of amides is 2. The quantitative estimate of drug-likeness (QED) is 0.688. The van der Waals surface area contributed by atoms with Gasteiger partial charge in [-0.1, -0.05) is 37.1 Å². The Kier molecular flexibility index (Phi) is 7.28. The molecule has 5 heteroatoms. The molecule has 1 aromatic heterocycles. The van der Waals surface area contributed by atoms with Gasteiger partial charge in [0.2, 0.25) is 0 Å². The molecule has 154 valence electrons. The van der Waals surface area contributed by atoms with Crippen molar-refractivity contribution in [2.45, 2.75) is 52.6 Å². The summed E-state index contributed by atoms with van der Waals surface area (Å²) in [5.41, 5.74) is 4.19. The fourth-order valence-electron chi connectivity index (χ4n) is 3.50. The van der Waals surface area contributed by atoms with Gasteiger partial charge in [0.15, 0.2) is 0 Å². The maximum atomic E-state index is 12.5. The first-order chi connectivity index (χ1) is 14.0. The number of carbonyl (C=O) groups excluding carboxylic acids is 1. The van der Waals surface area contributed by atoms with Crippen LogP contribution in [0.15, 0.2) is 48.2 Å². The van der Waals surface area contributed by atoms with Gasteiger partial charge in [-0.2, -0.15) is 0 Å². The Bertz CT molecular complexity index is 835. The van der Waals surface area contributed by atoms with E-state index >= 15 is 0 Å². The largest absolute Gasteiger partial charge is 0.491 e. The average Bonchev–Trinajstić information content (AvgIpc) is 2.71. The predicted molar refractivity (Wildman–Crippen MR) is 118 cm³/mol. The van der Waals surface area contributed by atoms with Crippen LogP contribution >= 0.6 is 0 Å². The monoisotopic (exact) mass is 393 g/mol. The minimum absolute atomic E-state index is 0.0602. The Hall–Kier alpha value is -2.82. The first kappa shape index (κ1) is 20.9. The van der Waals surface area contributed by atoms with Crippen LogP contribution in [0.2, 0.25) is 0 Å². The van der Waals surface area contributed by atoms with Gasteiger partial charge in [-0.3, -0.25) is 4.98 Å². The maximum Gasteiger partial charge on any atom is 0.321 e. The van der Waals surface area contributed by atoms with Crippen molar-refractivity contribution in [1.29, 1.82) is 0 Å². The molecule has 3 rings (SSSR count). The van der Waals surface area contributed by atoms with Gasteiger partial charge in [-0.25, -0.2) is 4.79 Å². The van der Waals surface area contributed by atoms with E-state index in [2.05, 4.69) is 42.4 Å². The summed E-state index contributed by atoms with van der Waals surface area (Å²) in [6, 6.07) is 12.0. The molecule has 0 spiro atoms. The molecule has 1 atom stereocenters. The third-order valence-electron chi connectivity index (χ3n) is 5.12. The Morgan fingerprint density at radius 3 is 2.76 bits per heavy atom. The van der Waals surface area contributed by atoms with Gasteiger partial charge in [-0.05, 0) is 62.9 Å². The number of nitrogens with zero attached hydrogens (tertiary/aromatic N) is 2. The molecular weight excluding hydrogens is 362 g/mol. The SMILES string of the molecule is CCCC(C)Oc1cccc(C=C2CCN(C(=O)Nc3ccc(C)nc3)CC2)c1. The summed E-state index contributed by atoms with van der Waals surface area (Å²) in [5.74, 6) is 0.920. The van der Waals surface area contributed by atoms with Gasteiger partial charge in [0.25, 0.3) is 0 Å². The van der Waals surface area contributed by atoms with Crippen LogP contribution in [0, 0.1) is 6.92 Å². The molecule has 1 aromatic carbocycles. The molecule has 0 saturated carbocycles. The third kappa shape index (κ3) is 6.34. The van der Waals surface area contributed by atoms with Crippen LogP contribution in [0.3, 0.4) is 0 Å². The zero-order valence-electron chi connectivity index (χ0n) is 17.6. The zero-order chi connectivity index (χ0) is 20.6. The van der Waals surface area contributed by atoms with E-state index in [-0.39, 0.29) is 12.1 Å². The van der Waals surface area contributed by atoms with E-state index in [1.807, 2.05) is 36.1 Å². The van der Waals surface area contributed by atoms with Crippen LogP contribution in [0.5, 0.6) is 5.75 Å². The van der Waals surface area contributed by atoms with Gasteiger partial charge >= 0.3 is 6.03 Å². The lowest BCUT2D eigenvalue weighted by molar-refractivity contribution is 0.208. The van der Waals surface area contributed by atoms with E-state index in [1.54, 1.807) is 6.20 Å². The van der Waals surface area contributed by atoms with E-state index in [1.165, 1.54) is 5.57 Å². The maximum absolute atomic E-state index is 12.5. The minimum Gasteiger partial charge on any atom is -0.491 e. The van der Waals surface area contributed by atoms with Crippen LogP contribution in [0.4, 0.5) is 10.5 Å². The summed E-state index contributed by atoms with van der Waals surface area (Å²) >= 11 is 0. The summed E-state index contributed by atoms with van der Waals surface area (Å²) < 4.78 is 6.00. The number of nitrogens with one attached hydrogen (secondary N) is 1. The van der Waals surface area contributed by atoms with E-state index in [0.29, 0.717) is 0 Å². The normalized spacial score (nSPS) is 15.0. The van der Waals surface area contributed by atoms with E-state index in [0.717, 1.165) is 61.5 Å². The van der Waals surface area contributed by atoms with Crippen LogP contribution in [0.25, 0.3) is 6.08 Å². The number of aromatic nitrogens is 1. The van der Waals surface area contributed by atoms with Gasteiger partial charge in [0.05, 0.1) is 18.0 Å². The molecule has 0 bridgehead atoms. The number of carbonyl (C=O) groups is 1. The topological polar surface area (TPSA) is 54.5 Å². The number of hydrogen-bond acceptors (Lipinski definition) is 3. The predicted octanol–water partition coefficient (Wildman–Crippen LogP) is 5.67. The van der Waals surface area contributed by atoms with Crippen molar-refractivity contribution in [2.75, 3.05) is 18.4 Å². The average molecular weight is 394 g/mol. The molecule has 2 heterocycles. The molecule has 1 unspecified atom stereocenters. The number of rotatable bonds is 6. The Morgan fingerprint density at radius 2 is 2.07 bits per heavy atom. The zero-order valence-corrected chi connectivity index (χ0v) is 17.6. The summed E-state index contributed by atoms with van der Waals surface area (Å²) in [4.78, 5) is 18.6. The van der Waals surface area contributed by atoms with Crippen molar-refractivity contribution in [3.05, 3.63) is 59.4 Å². The number of ether oxygens (including phenoxy) is 1. The molecule has 1 aliphatic heterocycles. The lowest BCUT2D eigenvalue weighted by Crippen LogP contribution is -2.39. The molecule has 5 nitrogen and oxygen atoms in total. The number of urea groups is 1. The number of piperidine rings is 1. The van der Waals surface area contributed by atoms with E-state index in [9.17, 15) is 4.79 Å². The summed E-state index contributed by atoms with van der Waals surface area (Å²) in [6.07, 6.45) is 8.11. The third-order valence-corrected chi connectivity index (χ3v) is 5.12. The number of anilines is 1. The molecule has 0 radical (unpaired) electrons. The second kappa shape index (κ2) is 10.1. The number of likely N-dealkylation sites (tertiary alicyclic amines) is 1. The minimum atomic E-state index is -0.0602. The Morgan fingerprint density at radius 1 is 1.28 bits per heavy atom. The standard InChI is InChI=1S/C24H31N3O2/c1-4-6-19(3)29-23-8-5-7-21(16-23)15-20-11-13-27(14-12-20)24(28)26-22-10-9-18(2)25-17-22/h5,7-10,15-17,19H,4,6,11-14H2,1-3H3,(H,26,28). The fraction of sp³-hybridized carbons (Fsp3) is 0.417. The molecule has 0 aliphatic carbocycles. The summed E-state index contributed by atoms with van der Waals surface area (Å²) in [7, 11) is 0. The highest BCUT2D eigenvalue weighted by atomic mass is 16.5. The fourth-order valence-corrected chi connectivity index (χ4v) is 3.50. The van der Waals surface area contributed by atoms with E-state index < -0.39 is 0 Å². The van der Waals surface area contributed by atoms with E-state index in [4.69, 9.17) is 4.74 Å². The van der Waals surface area contributed by atoms with Crippen molar-refractivity contribution in [2.24, 2.45) is 0 Å². The first-order valence-corrected chi connectivity index (χ1v) is 10.5. The van der Waals surface area contributed by atoms with Crippen LogP contribution in [-0.4, -0.2) is 35.1 Å². The molecule has 1 saturated heterocycles. The number of benzene rings is 1. The van der Waals surface area contributed by atoms with Crippen molar-refractivity contribution >= 4 is 17.8 Å². The first-order valence-electron chi connectivity index (χ1n) is 10.5. The highest BCUT2D eigenvalue weighted by molar-refractivity contribution is 5.89. The number of aryl methyl sites for hydroxylation is 1. The summed E-state index contributed by atoms with van der Waals surface area (Å²) in [5, 5.41) is 2.93. The lowest BCUT2D eigenvalue weighted by atomic mass is 10.0. The van der Waals surface area contributed by atoms with Crippen LogP contribution in [0.1, 0.15) is 50.8 Å². The van der Waals surface area contributed by atoms with Crippen molar-refractivity contribution in [3.8, 4) is 5.75 Å². The number of pyridine rings is 1. The smallest absolute Gasteiger partial charge is 0.321 e. The lowest BCUT2D eigenvalue weighted by Gasteiger charge is -2.28. The van der Waals surface area contributed by atoms with Crippen molar-refractivity contribution < 1.29 is 9.53 Å². The molecule has 2 aromatic rings. The summed E-state index contributed by atoms with van der Waals surface area (Å²) in [6.45, 7) is 7.66. The van der Waals surface area contributed by atoms with Gasteiger partial charge in [0.1, 0.15) is 5.75 Å². The number of hydrogen-bond donors (Lipinski definition) is 1. The van der Waals surface area contributed by atoms with Crippen molar-refractivity contribution in [3.63, 3.8) is 0 Å². The van der Waals surface area contributed by atoms with Crippen LogP contribution < -0.4 is 10.1 Å². The molecule has 1 aliphatic rings. The Balaban J connectivity index is 1.54.